The van der Waals surface area contributed by atoms with Gasteiger partial charge in [-0.25, -0.2) is 0 Å². The van der Waals surface area contributed by atoms with Gasteiger partial charge >= 0.3 is 0 Å². The van der Waals surface area contributed by atoms with Crippen LogP contribution in [0.25, 0.3) is 0 Å². The Hall–Kier alpha value is -1.46. The summed E-state index contributed by atoms with van der Waals surface area (Å²) in [6.07, 6.45) is 2.91. The van der Waals surface area contributed by atoms with E-state index in [1.807, 2.05) is 0 Å². The van der Waals surface area contributed by atoms with E-state index in [4.69, 9.17) is 27.9 Å². The van der Waals surface area contributed by atoms with Gasteiger partial charge in [0.15, 0.2) is 6.10 Å². The van der Waals surface area contributed by atoms with Gasteiger partial charge in [0.25, 0.3) is 5.91 Å². The lowest BCUT2D eigenvalue weighted by atomic mass is 10.0. The Morgan fingerprint density at radius 2 is 1.88 bits per heavy atom. The highest BCUT2D eigenvalue weighted by atomic mass is 35.5. The molecule has 2 amide bonds. The first-order valence-corrected chi connectivity index (χ1v) is 9.41. The maximum atomic E-state index is 12.6. The standard InChI is InChI=1S/C18H22Cl2N2O3/c1-11(25-15-4-2-3-14(19)16(15)20)18(24)22-9-7-13(8-10-22)21-17(23)12-5-6-12/h2-4,11-13H,5-10H2,1H3,(H,21,23). The van der Waals surface area contributed by atoms with Gasteiger partial charge in [-0.1, -0.05) is 29.3 Å². The van der Waals surface area contributed by atoms with Crippen molar-refractivity contribution in [2.75, 3.05) is 13.1 Å². The highest BCUT2D eigenvalue weighted by molar-refractivity contribution is 6.42. The van der Waals surface area contributed by atoms with Crippen LogP contribution in [-0.2, 0) is 9.59 Å². The molecule has 1 unspecified atom stereocenters. The first-order valence-electron chi connectivity index (χ1n) is 8.65. The monoisotopic (exact) mass is 384 g/mol. The molecule has 1 atom stereocenters. The zero-order valence-electron chi connectivity index (χ0n) is 14.1. The molecular formula is C18H22Cl2N2O3. The Balaban J connectivity index is 1.49. The Labute approximate surface area is 157 Å². The number of halogens is 2. The molecule has 2 fully saturated rings. The predicted octanol–water partition coefficient (Wildman–Crippen LogP) is 3.28. The van der Waals surface area contributed by atoms with E-state index in [0.717, 1.165) is 25.7 Å². The van der Waals surface area contributed by atoms with Crippen LogP contribution in [0.4, 0.5) is 0 Å². The molecule has 3 rings (SSSR count). The summed E-state index contributed by atoms with van der Waals surface area (Å²) in [5.74, 6) is 0.706. The molecule has 0 spiro atoms. The van der Waals surface area contributed by atoms with E-state index >= 15 is 0 Å². The summed E-state index contributed by atoms with van der Waals surface area (Å²) in [4.78, 5) is 26.2. The van der Waals surface area contributed by atoms with Crippen LogP contribution in [0.1, 0.15) is 32.6 Å². The molecule has 0 bridgehead atoms. The normalized spacial score (nSPS) is 19.4. The predicted molar refractivity (Wildman–Crippen MR) is 97.0 cm³/mol. The third kappa shape index (κ3) is 4.59. The van der Waals surface area contributed by atoms with Crippen LogP contribution in [-0.4, -0.2) is 41.9 Å². The minimum atomic E-state index is -0.645. The molecular weight excluding hydrogens is 363 g/mol. The van der Waals surface area contributed by atoms with E-state index in [9.17, 15) is 9.59 Å². The number of nitrogens with zero attached hydrogens (tertiary/aromatic N) is 1. The second-order valence-electron chi connectivity index (χ2n) is 6.69. The minimum absolute atomic E-state index is 0.0805. The van der Waals surface area contributed by atoms with E-state index in [0.29, 0.717) is 28.9 Å². The number of hydrogen-bond acceptors (Lipinski definition) is 3. The molecule has 0 aromatic heterocycles. The van der Waals surface area contributed by atoms with Crippen molar-refractivity contribution in [2.45, 2.75) is 44.8 Å². The summed E-state index contributed by atoms with van der Waals surface area (Å²) >= 11 is 12.1. The third-order valence-electron chi connectivity index (χ3n) is 4.67. The van der Waals surface area contributed by atoms with E-state index < -0.39 is 6.10 Å². The molecule has 0 radical (unpaired) electrons. The Bertz CT molecular complexity index is 656. The van der Waals surface area contributed by atoms with Crippen LogP contribution in [0.5, 0.6) is 5.75 Å². The lowest BCUT2D eigenvalue weighted by Gasteiger charge is -2.34. The molecule has 1 N–H and O–H groups in total. The van der Waals surface area contributed by atoms with Crippen LogP contribution < -0.4 is 10.1 Å². The molecule has 1 saturated heterocycles. The average Bonchev–Trinajstić information content (AvgIpc) is 3.44. The smallest absolute Gasteiger partial charge is 0.263 e. The van der Waals surface area contributed by atoms with Gasteiger partial charge < -0.3 is 15.0 Å². The molecule has 2 aliphatic rings. The van der Waals surface area contributed by atoms with Gasteiger partial charge in [0.2, 0.25) is 5.91 Å². The number of carbonyl (C=O) groups excluding carboxylic acids is 2. The number of carbonyl (C=O) groups is 2. The highest BCUT2D eigenvalue weighted by Crippen LogP contribution is 2.32. The molecule has 1 aromatic rings. The van der Waals surface area contributed by atoms with Crippen molar-refractivity contribution in [3.05, 3.63) is 28.2 Å². The number of nitrogens with one attached hydrogen (secondary N) is 1. The first kappa shape index (κ1) is 18.3. The number of rotatable bonds is 5. The number of benzene rings is 1. The molecule has 7 heteroatoms. The first-order chi connectivity index (χ1) is 12.0. The number of piperidine rings is 1. The number of likely N-dealkylation sites (tertiary alicyclic amines) is 1. The molecule has 25 heavy (non-hydrogen) atoms. The lowest BCUT2D eigenvalue weighted by molar-refractivity contribution is -0.139. The van der Waals surface area contributed by atoms with Gasteiger partial charge in [0.1, 0.15) is 10.8 Å². The van der Waals surface area contributed by atoms with Crippen molar-refractivity contribution in [1.82, 2.24) is 10.2 Å². The molecule has 1 aliphatic heterocycles. The number of ether oxygens (including phenoxy) is 1. The second-order valence-corrected chi connectivity index (χ2v) is 7.48. The maximum Gasteiger partial charge on any atom is 0.263 e. The van der Waals surface area contributed by atoms with Gasteiger partial charge in [0.05, 0.1) is 5.02 Å². The zero-order valence-corrected chi connectivity index (χ0v) is 15.6. The van der Waals surface area contributed by atoms with Gasteiger partial charge in [0, 0.05) is 25.0 Å². The van der Waals surface area contributed by atoms with Gasteiger partial charge in [-0.2, -0.15) is 0 Å². The van der Waals surface area contributed by atoms with Crippen molar-refractivity contribution in [3.8, 4) is 5.75 Å². The molecule has 1 heterocycles. The molecule has 1 saturated carbocycles. The second kappa shape index (κ2) is 7.83. The highest BCUT2D eigenvalue weighted by Gasteiger charge is 2.33. The average molecular weight is 385 g/mol. The Morgan fingerprint density at radius 1 is 1.20 bits per heavy atom. The quantitative estimate of drug-likeness (QED) is 0.847. The SMILES string of the molecule is CC(Oc1cccc(Cl)c1Cl)C(=O)N1CCC(NC(=O)C2CC2)CC1. The Morgan fingerprint density at radius 3 is 2.52 bits per heavy atom. The summed E-state index contributed by atoms with van der Waals surface area (Å²) < 4.78 is 5.69. The summed E-state index contributed by atoms with van der Waals surface area (Å²) in [5.41, 5.74) is 0. The molecule has 1 aliphatic carbocycles. The fraction of sp³-hybridized carbons (Fsp3) is 0.556. The fourth-order valence-corrected chi connectivity index (χ4v) is 3.32. The third-order valence-corrected chi connectivity index (χ3v) is 5.47. The fourth-order valence-electron chi connectivity index (χ4n) is 2.98. The van der Waals surface area contributed by atoms with Crippen LogP contribution in [0.2, 0.25) is 10.0 Å². The molecule has 136 valence electrons. The largest absolute Gasteiger partial charge is 0.479 e. The molecule has 5 nitrogen and oxygen atoms in total. The van der Waals surface area contributed by atoms with Gasteiger partial charge in [-0.05, 0) is 44.7 Å². The van der Waals surface area contributed by atoms with Crippen LogP contribution in [0.15, 0.2) is 18.2 Å². The summed E-state index contributed by atoms with van der Waals surface area (Å²) in [6.45, 7) is 2.94. The van der Waals surface area contributed by atoms with Gasteiger partial charge in [-0.15, -0.1) is 0 Å². The summed E-state index contributed by atoms with van der Waals surface area (Å²) in [6, 6.07) is 5.26. The van der Waals surface area contributed by atoms with Crippen molar-refractivity contribution in [1.29, 1.82) is 0 Å². The van der Waals surface area contributed by atoms with Gasteiger partial charge in [-0.3, -0.25) is 9.59 Å². The Kier molecular flexibility index (Phi) is 5.74. The lowest BCUT2D eigenvalue weighted by Crippen LogP contribution is -2.49. The van der Waals surface area contributed by atoms with Crippen LogP contribution >= 0.6 is 23.2 Å². The van der Waals surface area contributed by atoms with Crippen LogP contribution in [0, 0.1) is 5.92 Å². The summed E-state index contributed by atoms with van der Waals surface area (Å²) in [5, 5.41) is 3.79. The van der Waals surface area contributed by atoms with E-state index in [-0.39, 0.29) is 23.8 Å². The minimum Gasteiger partial charge on any atom is -0.479 e. The van der Waals surface area contributed by atoms with E-state index in [1.54, 1.807) is 30.0 Å². The van der Waals surface area contributed by atoms with E-state index in [2.05, 4.69) is 5.32 Å². The van der Waals surface area contributed by atoms with E-state index in [1.165, 1.54) is 0 Å². The number of hydrogen-bond donors (Lipinski definition) is 1. The van der Waals surface area contributed by atoms with Crippen molar-refractivity contribution in [2.24, 2.45) is 5.92 Å². The summed E-state index contributed by atoms with van der Waals surface area (Å²) in [7, 11) is 0. The van der Waals surface area contributed by atoms with Crippen molar-refractivity contribution < 1.29 is 14.3 Å². The van der Waals surface area contributed by atoms with Crippen molar-refractivity contribution >= 4 is 35.0 Å². The van der Waals surface area contributed by atoms with Crippen LogP contribution in [0.3, 0.4) is 0 Å². The topological polar surface area (TPSA) is 58.6 Å². The van der Waals surface area contributed by atoms with Crippen molar-refractivity contribution in [3.63, 3.8) is 0 Å². The molecule has 1 aromatic carbocycles. The maximum absolute atomic E-state index is 12.6. The zero-order chi connectivity index (χ0) is 18.0. The number of amides is 2.